The minimum atomic E-state index is -4.02. The molecule has 0 heterocycles. The molecule has 0 aliphatic heterocycles. The van der Waals surface area contributed by atoms with Crippen LogP contribution in [0.4, 0.5) is 17.6 Å². The average Bonchev–Trinajstić information content (AvgIpc) is 1.65. The molecule has 64 valence electrons. The standard InChI is InChI=1S/C3H6F4N2.ClH/c4-2(5)3(6,7)1-9-8;/h2,9H,1,8H2;1H. The van der Waals surface area contributed by atoms with Gasteiger partial charge in [0.05, 0.1) is 6.54 Å². The Bertz CT molecular complexity index is 88.6. The first kappa shape index (κ1) is 12.6. The lowest BCUT2D eigenvalue weighted by Gasteiger charge is -2.12. The van der Waals surface area contributed by atoms with Crippen molar-refractivity contribution in [3.05, 3.63) is 0 Å². The van der Waals surface area contributed by atoms with E-state index in [4.69, 9.17) is 0 Å². The van der Waals surface area contributed by atoms with E-state index in [1.807, 2.05) is 0 Å². The van der Waals surface area contributed by atoms with Crippen molar-refractivity contribution in [2.75, 3.05) is 6.54 Å². The third-order valence-corrected chi connectivity index (χ3v) is 0.657. The van der Waals surface area contributed by atoms with Gasteiger partial charge in [-0.25, -0.2) is 8.78 Å². The summed E-state index contributed by atoms with van der Waals surface area (Å²) in [6.07, 6.45) is -3.66. The second-order valence-corrected chi connectivity index (χ2v) is 1.44. The Labute approximate surface area is 61.1 Å². The van der Waals surface area contributed by atoms with Crippen molar-refractivity contribution in [2.45, 2.75) is 12.3 Å². The van der Waals surface area contributed by atoms with Crippen LogP contribution in [-0.2, 0) is 0 Å². The van der Waals surface area contributed by atoms with Crippen LogP contribution in [0.2, 0.25) is 0 Å². The van der Waals surface area contributed by atoms with Crippen molar-refractivity contribution >= 4 is 12.4 Å². The van der Waals surface area contributed by atoms with Crippen molar-refractivity contribution in [3.63, 3.8) is 0 Å². The zero-order chi connectivity index (χ0) is 7.49. The molecule has 10 heavy (non-hydrogen) atoms. The van der Waals surface area contributed by atoms with Gasteiger partial charge < -0.3 is 0 Å². The van der Waals surface area contributed by atoms with E-state index in [9.17, 15) is 17.6 Å². The van der Waals surface area contributed by atoms with Crippen LogP contribution in [0.15, 0.2) is 0 Å². The third-order valence-electron chi connectivity index (χ3n) is 0.657. The summed E-state index contributed by atoms with van der Waals surface area (Å²) < 4.78 is 45.6. The van der Waals surface area contributed by atoms with Crippen molar-refractivity contribution < 1.29 is 17.6 Å². The molecule has 0 aromatic rings. The molecular weight excluding hydrogens is 175 g/mol. The van der Waals surface area contributed by atoms with Gasteiger partial charge in [-0.3, -0.25) is 11.3 Å². The molecule has 0 fully saturated rings. The number of rotatable bonds is 3. The van der Waals surface area contributed by atoms with E-state index >= 15 is 0 Å². The third kappa shape index (κ3) is 3.86. The number of alkyl halides is 4. The molecule has 0 amide bonds. The summed E-state index contributed by atoms with van der Waals surface area (Å²) in [7, 11) is 0. The van der Waals surface area contributed by atoms with Crippen molar-refractivity contribution in [1.29, 1.82) is 0 Å². The van der Waals surface area contributed by atoms with Crippen LogP contribution >= 0.6 is 12.4 Å². The number of hydrazine groups is 1. The second-order valence-electron chi connectivity index (χ2n) is 1.44. The number of halogens is 5. The highest BCUT2D eigenvalue weighted by molar-refractivity contribution is 5.85. The van der Waals surface area contributed by atoms with Gasteiger partial charge in [-0.05, 0) is 0 Å². The van der Waals surface area contributed by atoms with E-state index in [-0.39, 0.29) is 12.4 Å². The summed E-state index contributed by atoms with van der Waals surface area (Å²) in [6, 6.07) is 0. The van der Waals surface area contributed by atoms with Gasteiger partial charge in [-0.15, -0.1) is 12.4 Å². The fourth-order valence-electron chi connectivity index (χ4n) is 0.213. The summed E-state index contributed by atoms with van der Waals surface area (Å²) in [6.45, 7) is -1.20. The van der Waals surface area contributed by atoms with Crippen LogP contribution in [-0.4, -0.2) is 18.9 Å². The highest BCUT2D eigenvalue weighted by Crippen LogP contribution is 2.20. The predicted octanol–water partition coefficient (Wildman–Crippen LogP) is 0.772. The maximum Gasteiger partial charge on any atom is 0.320 e. The summed E-state index contributed by atoms with van der Waals surface area (Å²) in [5, 5.41) is 0. The summed E-state index contributed by atoms with van der Waals surface area (Å²) >= 11 is 0. The smallest absolute Gasteiger partial charge is 0.271 e. The SMILES string of the molecule is Cl.NNCC(F)(F)C(F)F. The van der Waals surface area contributed by atoms with Crippen molar-refractivity contribution in [1.82, 2.24) is 5.43 Å². The van der Waals surface area contributed by atoms with Gasteiger partial charge in [-0.2, -0.15) is 8.78 Å². The second kappa shape index (κ2) is 4.70. The van der Waals surface area contributed by atoms with Gasteiger partial charge in [0.1, 0.15) is 0 Å². The van der Waals surface area contributed by atoms with Crippen molar-refractivity contribution in [3.8, 4) is 0 Å². The first-order chi connectivity index (χ1) is 4.00. The Kier molecular flexibility index (Phi) is 5.92. The normalized spacial score (nSPS) is 11.4. The maximum atomic E-state index is 11.7. The van der Waals surface area contributed by atoms with E-state index in [2.05, 4.69) is 5.84 Å². The van der Waals surface area contributed by atoms with Crippen molar-refractivity contribution in [2.24, 2.45) is 5.84 Å². The lowest BCUT2D eigenvalue weighted by atomic mass is 10.3. The monoisotopic (exact) mass is 182 g/mol. The molecule has 0 rings (SSSR count). The van der Waals surface area contributed by atoms with Gasteiger partial charge in [-0.1, -0.05) is 0 Å². The van der Waals surface area contributed by atoms with Gasteiger partial charge in [0.25, 0.3) is 0 Å². The minimum Gasteiger partial charge on any atom is -0.271 e. The largest absolute Gasteiger partial charge is 0.320 e. The quantitative estimate of drug-likeness (QED) is 0.385. The Morgan fingerprint density at radius 1 is 1.40 bits per heavy atom. The summed E-state index contributed by atoms with van der Waals surface area (Å²) in [4.78, 5) is 0. The van der Waals surface area contributed by atoms with Gasteiger partial charge in [0.2, 0.25) is 0 Å². The Hall–Kier alpha value is -0.0700. The topological polar surface area (TPSA) is 38.0 Å². The molecule has 0 aromatic heterocycles. The van der Waals surface area contributed by atoms with Crippen LogP contribution in [0.3, 0.4) is 0 Å². The number of hydrogen-bond donors (Lipinski definition) is 2. The average molecular weight is 183 g/mol. The van der Waals surface area contributed by atoms with Crippen LogP contribution in [0.1, 0.15) is 0 Å². The number of nitrogens with two attached hydrogens (primary N) is 1. The zero-order valence-corrected chi connectivity index (χ0v) is 5.60. The molecule has 0 spiro atoms. The Morgan fingerprint density at radius 2 is 1.80 bits per heavy atom. The maximum absolute atomic E-state index is 11.7. The van der Waals surface area contributed by atoms with E-state index in [0.717, 1.165) is 0 Å². The molecule has 0 bridgehead atoms. The van der Waals surface area contributed by atoms with E-state index in [0.29, 0.717) is 0 Å². The molecule has 0 radical (unpaired) electrons. The molecule has 0 saturated heterocycles. The molecule has 2 nitrogen and oxygen atoms in total. The molecule has 7 heteroatoms. The molecule has 0 aromatic carbocycles. The Morgan fingerprint density at radius 3 is 1.90 bits per heavy atom. The van der Waals surface area contributed by atoms with Crippen LogP contribution in [0, 0.1) is 0 Å². The minimum absolute atomic E-state index is 0. The van der Waals surface area contributed by atoms with Gasteiger partial charge >= 0.3 is 12.3 Å². The molecule has 0 atom stereocenters. The zero-order valence-electron chi connectivity index (χ0n) is 4.78. The fraction of sp³-hybridized carbons (Fsp3) is 1.00. The van der Waals surface area contributed by atoms with Gasteiger partial charge in [0.15, 0.2) is 0 Å². The lowest BCUT2D eigenvalue weighted by molar-refractivity contribution is -0.125. The highest BCUT2D eigenvalue weighted by Gasteiger charge is 2.39. The molecule has 0 unspecified atom stereocenters. The van der Waals surface area contributed by atoms with Crippen LogP contribution in [0.5, 0.6) is 0 Å². The molecule has 3 N–H and O–H groups in total. The first-order valence-corrected chi connectivity index (χ1v) is 2.10. The van der Waals surface area contributed by atoms with Crippen LogP contribution in [0.25, 0.3) is 0 Å². The first-order valence-electron chi connectivity index (χ1n) is 2.10. The number of nitrogens with one attached hydrogen (secondary N) is 1. The van der Waals surface area contributed by atoms with Gasteiger partial charge in [0, 0.05) is 0 Å². The molecule has 0 aliphatic rings. The lowest BCUT2D eigenvalue weighted by Crippen LogP contribution is -2.41. The van der Waals surface area contributed by atoms with E-state index < -0.39 is 18.9 Å². The van der Waals surface area contributed by atoms with E-state index in [1.165, 1.54) is 5.43 Å². The predicted molar refractivity (Wildman–Crippen MR) is 30.4 cm³/mol. The van der Waals surface area contributed by atoms with E-state index in [1.54, 1.807) is 0 Å². The summed E-state index contributed by atoms with van der Waals surface area (Å²) in [5.41, 5.74) is 1.46. The molecule has 0 saturated carbocycles. The summed E-state index contributed by atoms with van der Waals surface area (Å²) in [5.74, 6) is 0.370. The van der Waals surface area contributed by atoms with Crippen LogP contribution < -0.4 is 11.3 Å². The highest BCUT2D eigenvalue weighted by atomic mass is 35.5. The Balaban J connectivity index is 0. The number of hydrogen-bond acceptors (Lipinski definition) is 2. The fourth-order valence-corrected chi connectivity index (χ4v) is 0.213. The molecular formula is C3H7ClF4N2. The molecule has 0 aliphatic carbocycles.